The molecule has 7 heteroatoms. The van der Waals surface area contributed by atoms with E-state index in [1.807, 2.05) is 14.1 Å². The number of aliphatic hydroxyl groups excluding tert-OH is 1. The van der Waals surface area contributed by atoms with Crippen molar-refractivity contribution in [1.82, 2.24) is 4.90 Å². The Morgan fingerprint density at radius 1 is 1.42 bits per heavy atom. The van der Waals surface area contributed by atoms with Gasteiger partial charge < -0.3 is 5.11 Å². The molecular weight excluding hydrogens is 186 g/mol. The van der Waals surface area contributed by atoms with E-state index in [9.17, 15) is 8.42 Å². The van der Waals surface area contributed by atoms with Gasteiger partial charge in [-0.15, -0.1) is 0 Å². The first-order chi connectivity index (χ1) is 5.20. The highest BCUT2D eigenvalue weighted by Crippen LogP contribution is 1.79. The highest BCUT2D eigenvalue weighted by molar-refractivity contribution is 7.80. The molecule has 12 heavy (non-hydrogen) atoms. The molecule has 0 bridgehead atoms. The van der Waals surface area contributed by atoms with E-state index in [0.717, 1.165) is 7.11 Å². The molecule has 0 aliphatic heterocycles. The molecule has 0 rings (SSSR count). The molecule has 0 fully saturated rings. The minimum atomic E-state index is -4.16. The van der Waals surface area contributed by atoms with Crippen LogP contribution in [0.25, 0.3) is 0 Å². The average Bonchev–Trinajstić information content (AvgIpc) is 1.87. The molecule has 76 valence electrons. The monoisotopic (exact) mass is 201 g/mol. The van der Waals surface area contributed by atoms with E-state index < -0.39 is 10.4 Å². The van der Waals surface area contributed by atoms with Crippen LogP contribution in [0.15, 0.2) is 0 Å². The molecule has 0 saturated carbocycles. The lowest BCUT2D eigenvalue weighted by Gasteiger charge is -2.11. The van der Waals surface area contributed by atoms with Gasteiger partial charge in [-0.05, 0) is 21.0 Å². The highest BCUT2D eigenvalue weighted by atomic mass is 32.3. The van der Waals surface area contributed by atoms with Gasteiger partial charge >= 0.3 is 10.4 Å². The normalized spacial score (nSPS) is 13.6. The summed E-state index contributed by atoms with van der Waals surface area (Å²) < 4.78 is 29.7. The van der Waals surface area contributed by atoms with Crippen LogP contribution < -0.4 is 0 Å². The summed E-state index contributed by atoms with van der Waals surface area (Å²) in [5.74, 6) is 0. The van der Waals surface area contributed by atoms with Crippen molar-refractivity contribution in [3.63, 3.8) is 0 Å². The lowest BCUT2D eigenvalue weighted by molar-refractivity contribution is 0.0578. The largest absolute Gasteiger partial charge is 0.397 e. The summed E-state index contributed by atoms with van der Waals surface area (Å²) in [5, 5.41) is 8.56. The van der Waals surface area contributed by atoms with Gasteiger partial charge in [-0.3, -0.25) is 13.6 Å². The zero-order chi connectivity index (χ0) is 10.4. The highest BCUT2D eigenvalue weighted by Gasteiger charge is 1.94. The van der Waals surface area contributed by atoms with Crippen molar-refractivity contribution in [2.75, 3.05) is 21.2 Å². The summed E-state index contributed by atoms with van der Waals surface area (Å²) in [7, 11) is 0.356. The summed E-state index contributed by atoms with van der Waals surface area (Å²) in [6, 6.07) is 0. The predicted octanol–water partition coefficient (Wildman–Crippen LogP) is -0.678. The van der Waals surface area contributed by atoms with Crippen molar-refractivity contribution in [2.24, 2.45) is 0 Å². The van der Waals surface area contributed by atoms with Gasteiger partial charge in [0, 0.05) is 0 Å². The second-order valence-electron chi connectivity index (χ2n) is 2.19. The molecule has 2 N–H and O–H groups in total. The van der Waals surface area contributed by atoms with Crippen LogP contribution in [0.2, 0.25) is 0 Å². The van der Waals surface area contributed by atoms with Crippen LogP contribution in [0, 0.1) is 0 Å². The summed E-state index contributed by atoms with van der Waals surface area (Å²) in [4.78, 5) is 1.72. The summed E-state index contributed by atoms with van der Waals surface area (Å²) in [6.45, 7) is 1.72. The molecule has 0 amide bonds. The lowest BCUT2D eigenvalue weighted by atomic mass is 10.6. The third-order valence-corrected chi connectivity index (χ3v) is 1.38. The van der Waals surface area contributed by atoms with Gasteiger partial charge in [-0.1, -0.05) is 0 Å². The maximum Gasteiger partial charge on any atom is 0.397 e. The molecule has 0 aromatic rings. The summed E-state index contributed by atoms with van der Waals surface area (Å²) in [6.07, 6.45) is -0.315. The number of rotatable bonds is 2. The zero-order valence-electron chi connectivity index (χ0n) is 7.55. The number of hydrogen-bond donors (Lipinski definition) is 2. The van der Waals surface area contributed by atoms with E-state index in [-0.39, 0.29) is 6.23 Å². The summed E-state index contributed by atoms with van der Waals surface area (Å²) in [5.41, 5.74) is 0. The van der Waals surface area contributed by atoms with Gasteiger partial charge in [0.05, 0.1) is 7.11 Å². The van der Waals surface area contributed by atoms with Crippen LogP contribution in [0.5, 0.6) is 0 Å². The Kier molecular flexibility index (Phi) is 7.54. The maximum absolute atomic E-state index is 9.33. The second-order valence-corrected chi connectivity index (χ2v) is 3.38. The van der Waals surface area contributed by atoms with Crippen molar-refractivity contribution < 1.29 is 22.3 Å². The molecule has 0 aromatic carbocycles. The van der Waals surface area contributed by atoms with Gasteiger partial charge in [0.15, 0.2) is 0 Å². The zero-order valence-corrected chi connectivity index (χ0v) is 8.37. The van der Waals surface area contributed by atoms with Crippen LogP contribution in [-0.2, 0) is 14.6 Å². The molecule has 1 unspecified atom stereocenters. The van der Waals surface area contributed by atoms with Crippen molar-refractivity contribution >= 4 is 10.4 Å². The van der Waals surface area contributed by atoms with E-state index in [0.29, 0.717) is 0 Å². The van der Waals surface area contributed by atoms with Crippen molar-refractivity contribution in [3.05, 3.63) is 0 Å². The molecular formula is C5H15NO5S. The fraction of sp³-hybridized carbons (Fsp3) is 1.00. The van der Waals surface area contributed by atoms with E-state index in [1.54, 1.807) is 11.8 Å². The molecule has 0 spiro atoms. The first-order valence-corrected chi connectivity index (χ1v) is 4.44. The van der Waals surface area contributed by atoms with Gasteiger partial charge in [-0.25, -0.2) is 0 Å². The van der Waals surface area contributed by atoms with E-state index >= 15 is 0 Å². The fourth-order valence-electron chi connectivity index (χ4n) is 0. The molecule has 1 atom stereocenters. The van der Waals surface area contributed by atoms with E-state index in [4.69, 9.17) is 9.66 Å². The van der Waals surface area contributed by atoms with Crippen LogP contribution in [0.3, 0.4) is 0 Å². The Labute approximate surface area is 72.7 Å². The Morgan fingerprint density at radius 2 is 1.58 bits per heavy atom. The van der Waals surface area contributed by atoms with Crippen LogP contribution in [0.4, 0.5) is 0 Å². The molecule has 0 radical (unpaired) electrons. The first kappa shape index (κ1) is 14.3. The van der Waals surface area contributed by atoms with Gasteiger partial charge in [-0.2, -0.15) is 8.42 Å². The van der Waals surface area contributed by atoms with Gasteiger partial charge in [0.1, 0.15) is 6.23 Å². The minimum absolute atomic E-state index is 0.315. The standard InChI is InChI=1S/C4H11NO.CH4O4S/c1-4(6)5(2)3;1-5-6(2,3)4/h4,6H,1-3H3;1H3,(H,2,3,4). The number of hydrogen-bond acceptors (Lipinski definition) is 5. The number of aliphatic hydroxyl groups is 1. The minimum Gasteiger partial charge on any atom is -0.379 e. The Morgan fingerprint density at radius 3 is 1.58 bits per heavy atom. The Hall–Kier alpha value is -0.210. The number of nitrogens with zero attached hydrogens (tertiary/aromatic N) is 1. The molecule has 0 aromatic heterocycles. The Bertz CT molecular complexity index is 180. The average molecular weight is 201 g/mol. The van der Waals surface area contributed by atoms with Gasteiger partial charge in [0.25, 0.3) is 0 Å². The van der Waals surface area contributed by atoms with Crippen molar-refractivity contribution in [3.8, 4) is 0 Å². The van der Waals surface area contributed by atoms with Crippen LogP contribution in [0.1, 0.15) is 6.92 Å². The maximum atomic E-state index is 9.33. The predicted molar refractivity (Wildman–Crippen MR) is 43.9 cm³/mol. The second kappa shape index (κ2) is 6.32. The fourth-order valence-corrected chi connectivity index (χ4v) is 0. The smallest absolute Gasteiger partial charge is 0.379 e. The lowest BCUT2D eigenvalue weighted by Crippen LogP contribution is -2.23. The molecule has 6 nitrogen and oxygen atoms in total. The first-order valence-electron chi connectivity index (χ1n) is 3.08. The Balaban J connectivity index is 0. The molecule has 0 saturated heterocycles. The van der Waals surface area contributed by atoms with Crippen molar-refractivity contribution in [1.29, 1.82) is 0 Å². The van der Waals surface area contributed by atoms with E-state index in [2.05, 4.69) is 4.18 Å². The molecule has 0 aliphatic carbocycles. The third-order valence-electron chi connectivity index (χ3n) is 0.958. The topological polar surface area (TPSA) is 87.1 Å². The third kappa shape index (κ3) is 16.4. The molecule has 0 aliphatic rings. The van der Waals surface area contributed by atoms with Crippen molar-refractivity contribution in [2.45, 2.75) is 13.2 Å². The van der Waals surface area contributed by atoms with Crippen LogP contribution >= 0.6 is 0 Å². The SMILES string of the molecule is CC(O)N(C)C.COS(=O)(=O)O. The molecule has 0 heterocycles. The van der Waals surface area contributed by atoms with Crippen LogP contribution in [-0.4, -0.2) is 50.4 Å². The summed E-state index contributed by atoms with van der Waals surface area (Å²) >= 11 is 0. The van der Waals surface area contributed by atoms with Gasteiger partial charge in [0.2, 0.25) is 0 Å². The quantitative estimate of drug-likeness (QED) is 0.455. The van der Waals surface area contributed by atoms with E-state index in [1.165, 1.54) is 0 Å².